The van der Waals surface area contributed by atoms with Gasteiger partial charge in [-0.05, 0) is 101 Å². The van der Waals surface area contributed by atoms with Gasteiger partial charge in [-0.1, -0.05) is 122 Å². The average molecular weight is 1510 g/mol. The molecule has 2 unspecified atom stereocenters. The summed E-state index contributed by atoms with van der Waals surface area (Å²) in [5.74, 6) is -18.5. The highest BCUT2D eigenvalue weighted by Gasteiger charge is 2.44. The highest BCUT2D eigenvalue weighted by atomic mass is 16.6. The third-order valence-electron chi connectivity index (χ3n) is 16.6. The molecule has 15 atom stereocenters. The summed E-state index contributed by atoms with van der Waals surface area (Å²) in [6.45, 7) is 16.0. The lowest BCUT2D eigenvalue weighted by atomic mass is 9.95. The van der Waals surface area contributed by atoms with E-state index in [1.165, 1.54) is 44.2 Å². The first-order valence-electron chi connectivity index (χ1n) is 35.4. The number of ether oxygens (including phenoxy) is 3. The van der Waals surface area contributed by atoms with E-state index in [9.17, 15) is 73.2 Å². The van der Waals surface area contributed by atoms with Crippen LogP contribution in [0.4, 0.5) is 9.59 Å². The summed E-state index contributed by atoms with van der Waals surface area (Å²) in [5, 5.41) is 83.8. The molecule has 0 aliphatic carbocycles. The molecule has 107 heavy (non-hydrogen) atoms. The molecule has 0 bridgehead atoms. The minimum atomic E-state index is -2.63. The Balaban J connectivity index is 2.42. The van der Waals surface area contributed by atoms with Crippen LogP contribution in [-0.2, 0) is 78.4 Å². The lowest BCUT2D eigenvalue weighted by Crippen LogP contribution is -2.64. The second-order valence-corrected chi connectivity index (χ2v) is 28.2. The number of aliphatic hydroxyl groups is 4. The molecule has 1 saturated heterocycles. The van der Waals surface area contributed by atoms with Gasteiger partial charge in [0.1, 0.15) is 66.6 Å². The predicted octanol–water partition coefficient (Wildman–Crippen LogP) is -3.00. The van der Waals surface area contributed by atoms with Crippen molar-refractivity contribution in [1.29, 1.82) is 5.41 Å². The smallest absolute Gasteiger partial charge is 0.408 e. The number of guanidine groups is 1. The van der Waals surface area contributed by atoms with Crippen molar-refractivity contribution in [1.82, 2.24) is 69.1 Å². The van der Waals surface area contributed by atoms with Gasteiger partial charge >= 0.3 is 18.2 Å². The number of nitrogens with two attached hydrogens (primary N) is 2. The minimum absolute atomic E-state index is 0.0155. The molecule has 0 spiro atoms. The minimum Gasteiger partial charge on any atom is -0.453 e. The van der Waals surface area contributed by atoms with Crippen LogP contribution in [-0.4, -0.2) is 220 Å². The van der Waals surface area contributed by atoms with Crippen molar-refractivity contribution in [2.24, 2.45) is 35.1 Å². The first-order chi connectivity index (χ1) is 50.2. The Morgan fingerprint density at radius 2 is 1.19 bits per heavy atom. The molecule has 596 valence electrons. The number of aliphatic hydroxyl groups excluding tert-OH is 4. The fourth-order valence-electron chi connectivity index (χ4n) is 10.6. The fourth-order valence-corrected chi connectivity index (χ4v) is 10.6. The maximum atomic E-state index is 15.7. The zero-order valence-electron chi connectivity index (χ0n) is 62.5. The molecule has 1 aliphatic heterocycles. The van der Waals surface area contributed by atoms with Crippen molar-refractivity contribution in [2.75, 3.05) is 26.2 Å². The van der Waals surface area contributed by atoms with Gasteiger partial charge in [0.15, 0.2) is 24.2 Å². The first-order valence-corrected chi connectivity index (χ1v) is 35.4. The van der Waals surface area contributed by atoms with E-state index in [0.717, 1.165) is 6.92 Å². The Bertz CT molecular complexity index is 3340. The number of hydrogen-bond donors (Lipinski definition) is 20. The number of nitrogens with one attached hydrogen (secondary N) is 14. The van der Waals surface area contributed by atoms with E-state index in [4.69, 9.17) is 31.1 Å². The first kappa shape index (κ1) is 90.9. The van der Waals surface area contributed by atoms with E-state index in [0.29, 0.717) is 5.56 Å². The molecule has 3 rings (SSSR count). The van der Waals surface area contributed by atoms with Crippen LogP contribution >= 0.6 is 0 Å². The summed E-state index contributed by atoms with van der Waals surface area (Å²) in [4.78, 5) is 199. The van der Waals surface area contributed by atoms with E-state index in [-0.39, 0.29) is 70.2 Å². The van der Waals surface area contributed by atoms with Crippen LogP contribution in [0.25, 0.3) is 0 Å². The van der Waals surface area contributed by atoms with Crippen LogP contribution in [0.1, 0.15) is 145 Å². The lowest BCUT2D eigenvalue weighted by Gasteiger charge is -2.34. The monoisotopic (exact) mass is 1510 g/mol. The van der Waals surface area contributed by atoms with Crippen LogP contribution in [0.5, 0.6) is 0 Å². The van der Waals surface area contributed by atoms with Crippen LogP contribution in [0.3, 0.4) is 0 Å². The van der Waals surface area contributed by atoms with Crippen molar-refractivity contribution in [3.8, 4) is 0 Å². The highest BCUT2D eigenvalue weighted by Crippen LogP contribution is 2.25. The summed E-state index contributed by atoms with van der Waals surface area (Å²) < 4.78 is 16.8. The molecular formula is C70H110N16O21. The zero-order valence-corrected chi connectivity index (χ0v) is 62.5. The number of esters is 1. The Labute approximate surface area is 621 Å². The quantitative estimate of drug-likeness (QED) is 0.0133. The molecule has 0 aromatic heterocycles. The van der Waals surface area contributed by atoms with E-state index in [1.54, 1.807) is 92.6 Å². The molecule has 2 aromatic carbocycles. The molecule has 1 heterocycles. The van der Waals surface area contributed by atoms with Crippen LogP contribution in [0, 0.1) is 29.1 Å². The van der Waals surface area contributed by atoms with Gasteiger partial charge in [-0.25, -0.2) is 14.4 Å². The van der Waals surface area contributed by atoms with Gasteiger partial charge in [0.25, 0.3) is 0 Å². The number of primary amides is 1. The number of hydrogen-bond acceptors (Lipinski definition) is 22. The summed E-state index contributed by atoms with van der Waals surface area (Å²) in [6.07, 6.45) is -10.9. The topological polar surface area (TPSA) is 580 Å². The van der Waals surface area contributed by atoms with Crippen molar-refractivity contribution in [3.05, 3.63) is 71.8 Å². The predicted molar refractivity (Wildman–Crippen MR) is 385 cm³/mol. The maximum Gasteiger partial charge on any atom is 0.408 e. The van der Waals surface area contributed by atoms with E-state index in [2.05, 4.69) is 58.5 Å². The Morgan fingerprint density at radius 3 is 1.75 bits per heavy atom. The normalized spacial score (nSPS) is 22.5. The number of alkyl carbamates (subject to hydrolysis) is 2. The van der Waals surface area contributed by atoms with Gasteiger partial charge < -0.3 is 115 Å². The standard InChI is InChI=1S/C70H110N16O21/c1-13-38(8)48-62(98)84-49(39(9)88)61(97)76-32-47(89)82-51(54(91)56(71)92)64(100)80-46(33-87)66(102)106-55(41-24-18-15-19-25-41)52(65(101)85-50(53(90)37(6)7)63(99)79-44(30-35(2)3)59(95)77-42(58(94)83-48)26-20-28-74-67(72)73)86-60(96)45(31-36(4)5)78-57(93)43(27-21-29-75-68(103)107-70(10,11)12)81-69(104)105-34-40-22-16-14-17-23-40/h14-19,22-25,35-39,42-46,48-55,87-88,90-91H,13,20-21,26-34H2,1-12H3,(H2,71,92)(H,75,103)(H,76,97)(H,77,95)(H,78,93)(H,79,99)(H,80,100)(H,81,104)(H,82,89)(H,83,94)(H,84,98)(H,85,101)(H,86,96)(H4,72,73,74)/t38-,39-,42+,43+,44-,45-,46-,48?,49?,50-,51-,52-,53+,54-,55+/m0/s1. The van der Waals surface area contributed by atoms with Crippen LogP contribution < -0.4 is 80.6 Å². The number of rotatable bonds is 28. The molecule has 0 saturated carbocycles. The third-order valence-corrected chi connectivity index (χ3v) is 16.6. The molecule has 22 N–H and O–H groups in total. The molecule has 1 fully saturated rings. The number of cyclic esters (lactones) is 1. The summed E-state index contributed by atoms with van der Waals surface area (Å²) >= 11 is 0. The van der Waals surface area contributed by atoms with Gasteiger partial charge in [-0.3, -0.25) is 58.1 Å². The second kappa shape index (κ2) is 44.6. The zero-order chi connectivity index (χ0) is 80.6. The third kappa shape index (κ3) is 31.8. The molecular weight excluding hydrogens is 1400 g/mol. The molecule has 37 nitrogen and oxygen atoms in total. The Hall–Kier alpha value is -10.3. The molecule has 0 radical (unpaired) electrons. The molecule has 37 heteroatoms. The highest BCUT2D eigenvalue weighted by molar-refractivity contribution is 6.00. The van der Waals surface area contributed by atoms with E-state index in [1.807, 2.05) is 10.6 Å². The van der Waals surface area contributed by atoms with E-state index >= 15 is 14.4 Å². The number of carbonyl (C=O) groups is 14. The lowest BCUT2D eigenvalue weighted by molar-refractivity contribution is -0.159. The number of amides is 13. The van der Waals surface area contributed by atoms with Gasteiger partial charge in [0.2, 0.25) is 65.0 Å². The van der Waals surface area contributed by atoms with Crippen molar-refractivity contribution < 1.29 is 102 Å². The largest absolute Gasteiger partial charge is 0.453 e. The molecule has 13 amide bonds. The van der Waals surface area contributed by atoms with Crippen LogP contribution in [0.15, 0.2) is 60.7 Å². The Morgan fingerprint density at radius 1 is 0.626 bits per heavy atom. The molecule has 2 aromatic rings. The SMILES string of the molecule is CC[C@H](C)C1NC(=O)[C@@H](CCCNC(=N)N)NC(=O)[C@H](CC(C)C)NC(=O)[C@H]([C@H](O)C(C)C)NC(=O)[C@@H](NC(=O)[C@H](CC(C)C)NC(=O)[C@@H](CCCNC(=O)OC(C)(C)C)NC(=O)OCc2ccccc2)[C@@H](c2ccccc2)OC(=O)[C@H](CO)NC(=O)[C@H]([C@H](O)C(N)=O)NC(=O)CNC(=O)C([C@H](C)O)NC1=O. The van der Waals surface area contributed by atoms with Gasteiger partial charge in [0.05, 0.1) is 25.4 Å². The summed E-state index contributed by atoms with van der Waals surface area (Å²) in [5.41, 5.74) is 10.5. The number of carbonyl (C=O) groups excluding carboxylic acids is 14. The fraction of sp³-hybridized carbons (Fsp3) is 0.614. The second-order valence-electron chi connectivity index (χ2n) is 28.2. The van der Waals surface area contributed by atoms with Gasteiger partial charge in [0, 0.05) is 13.1 Å². The van der Waals surface area contributed by atoms with Crippen molar-refractivity contribution in [3.63, 3.8) is 0 Å². The Kier molecular flexibility index (Phi) is 37.9. The molecule has 1 aliphatic rings. The maximum absolute atomic E-state index is 15.7. The van der Waals surface area contributed by atoms with Gasteiger partial charge in [-0.15, -0.1) is 0 Å². The van der Waals surface area contributed by atoms with Crippen molar-refractivity contribution in [2.45, 2.75) is 225 Å². The van der Waals surface area contributed by atoms with Crippen LogP contribution in [0.2, 0.25) is 0 Å². The number of benzene rings is 2. The van der Waals surface area contributed by atoms with Crippen molar-refractivity contribution >= 4 is 89.1 Å². The van der Waals surface area contributed by atoms with E-state index < -0.39 is 216 Å². The van der Waals surface area contributed by atoms with Gasteiger partial charge in [-0.2, -0.15) is 0 Å². The average Bonchev–Trinajstić information content (AvgIpc) is 0.813. The summed E-state index contributed by atoms with van der Waals surface area (Å²) in [6, 6.07) is -3.61. The summed E-state index contributed by atoms with van der Waals surface area (Å²) in [7, 11) is 0.